The van der Waals surface area contributed by atoms with Crippen molar-refractivity contribution in [1.82, 2.24) is 4.98 Å². The van der Waals surface area contributed by atoms with Crippen molar-refractivity contribution in [2.24, 2.45) is 5.92 Å². The van der Waals surface area contributed by atoms with E-state index < -0.39 is 23.6 Å². The van der Waals surface area contributed by atoms with Crippen molar-refractivity contribution in [2.75, 3.05) is 0 Å². The zero-order valence-corrected chi connectivity index (χ0v) is 10.4. The fraction of sp³-hybridized carbons (Fsp3) is 0.357. The van der Waals surface area contributed by atoms with Gasteiger partial charge in [0, 0.05) is 23.0 Å². The zero-order valence-electron chi connectivity index (χ0n) is 10.4. The van der Waals surface area contributed by atoms with E-state index in [1.54, 1.807) is 0 Å². The summed E-state index contributed by atoms with van der Waals surface area (Å²) >= 11 is 0. The minimum Gasteiger partial charge on any atom is -0.481 e. The lowest BCUT2D eigenvalue weighted by Gasteiger charge is -2.18. The van der Waals surface area contributed by atoms with Crippen LogP contribution in [0.5, 0.6) is 0 Å². The molecule has 1 heterocycles. The van der Waals surface area contributed by atoms with Gasteiger partial charge in [0.1, 0.15) is 0 Å². The molecule has 0 fully saturated rings. The fourth-order valence-corrected chi connectivity index (χ4v) is 2.82. The Bertz CT molecular complexity index is 688. The van der Waals surface area contributed by atoms with Gasteiger partial charge in [0.2, 0.25) is 0 Å². The number of H-pyrrole nitrogens is 1. The second-order valence-corrected chi connectivity index (χ2v) is 5.12. The molecule has 1 aliphatic rings. The molecule has 1 aromatic carbocycles. The molecule has 1 atom stereocenters. The summed E-state index contributed by atoms with van der Waals surface area (Å²) in [5.41, 5.74) is 1.53. The molecule has 106 valence electrons. The van der Waals surface area contributed by atoms with Gasteiger partial charge in [0.05, 0.1) is 11.5 Å². The number of halogens is 3. The number of benzene rings is 1. The van der Waals surface area contributed by atoms with Crippen LogP contribution in [0.15, 0.2) is 18.2 Å². The lowest BCUT2D eigenvalue weighted by molar-refractivity contribution is -0.142. The summed E-state index contributed by atoms with van der Waals surface area (Å²) in [6.07, 6.45) is -3.06. The van der Waals surface area contributed by atoms with Crippen LogP contribution in [-0.4, -0.2) is 16.1 Å². The minimum atomic E-state index is -4.36. The molecule has 0 spiro atoms. The normalized spacial score (nSPS) is 19.1. The van der Waals surface area contributed by atoms with Gasteiger partial charge in [0.25, 0.3) is 0 Å². The number of aryl methyl sites for hydroxylation is 1. The smallest absolute Gasteiger partial charge is 0.416 e. The average Bonchev–Trinajstić information content (AvgIpc) is 2.74. The van der Waals surface area contributed by atoms with E-state index in [0.717, 1.165) is 23.4 Å². The first kappa shape index (κ1) is 13.0. The third-order valence-electron chi connectivity index (χ3n) is 3.86. The first-order valence-corrected chi connectivity index (χ1v) is 6.29. The second-order valence-electron chi connectivity index (χ2n) is 5.12. The number of aliphatic carboxylic acids is 1. The maximum atomic E-state index is 12.7. The van der Waals surface area contributed by atoms with Crippen LogP contribution in [0.3, 0.4) is 0 Å². The van der Waals surface area contributed by atoms with Crippen molar-refractivity contribution in [3.63, 3.8) is 0 Å². The van der Waals surface area contributed by atoms with Gasteiger partial charge in [-0.2, -0.15) is 13.2 Å². The number of hydrogen-bond donors (Lipinski definition) is 2. The summed E-state index contributed by atoms with van der Waals surface area (Å²) in [7, 11) is 0. The molecular formula is C14H12F3NO2. The Kier molecular flexibility index (Phi) is 2.77. The lowest BCUT2D eigenvalue weighted by Crippen LogP contribution is -2.21. The number of carbonyl (C=O) groups is 1. The first-order chi connectivity index (χ1) is 9.36. The topological polar surface area (TPSA) is 53.1 Å². The number of fused-ring (bicyclic) bond motifs is 3. The van der Waals surface area contributed by atoms with Crippen LogP contribution in [0.4, 0.5) is 13.2 Å². The third-order valence-corrected chi connectivity index (χ3v) is 3.86. The van der Waals surface area contributed by atoms with Gasteiger partial charge in [-0.05, 0) is 36.6 Å². The van der Waals surface area contributed by atoms with Gasteiger partial charge in [0.15, 0.2) is 0 Å². The summed E-state index contributed by atoms with van der Waals surface area (Å²) in [4.78, 5) is 14.1. The van der Waals surface area contributed by atoms with E-state index >= 15 is 0 Å². The molecule has 2 N–H and O–H groups in total. The highest BCUT2D eigenvalue weighted by atomic mass is 19.4. The monoisotopic (exact) mass is 283 g/mol. The van der Waals surface area contributed by atoms with Gasteiger partial charge in [-0.3, -0.25) is 4.79 Å². The number of alkyl halides is 3. The Morgan fingerprint density at radius 2 is 2.10 bits per heavy atom. The van der Waals surface area contributed by atoms with Crippen LogP contribution in [0, 0.1) is 5.92 Å². The van der Waals surface area contributed by atoms with Crippen molar-refractivity contribution in [2.45, 2.75) is 25.4 Å². The Labute approximate surface area is 112 Å². The van der Waals surface area contributed by atoms with Crippen LogP contribution in [0.2, 0.25) is 0 Å². The van der Waals surface area contributed by atoms with E-state index in [9.17, 15) is 18.0 Å². The lowest BCUT2D eigenvalue weighted by atomic mass is 9.87. The molecule has 0 radical (unpaired) electrons. The summed E-state index contributed by atoms with van der Waals surface area (Å²) in [5.74, 6) is -1.32. The van der Waals surface area contributed by atoms with E-state index in [1.807, 2.05) is 0 Å². The highest BCUT2D eigenvalue weighted by Gasteiger charge is 2.32. The van der Waals surface area contributed by atoms with Crippen molar-refractivity contribution in [3.8, 4) is 0 Å². The summed E-state index contributed by atoms with van der Waals surface area (Å²) in [6.45, 7) is 0. The largest absolute Gasteiger partial charge is 0.481 e. The van der Waals surface area contributed by atoms with Gasteiger partial charge < -0.3 is 10.1 Å². The van der Waals surface area contributed by atoms with E-state index in [0.29, 0.717) is 30.2 Å². The molecule has 3 rings (SSSR count). The van der Waals surface area contributed by atoms with Gasteiger partial charge in [-0.25, -0.2) is 0 Å². The minimum absolute atomic E-state index is 0.348. The van der Waals surface area contributed by atoms with Crippen LogP contribution in [0.1, 0.15) is 23.2 Å². The molecule has 0 saturated carbocycles. The van der Waals surface area contributed by atoms with E-state index in [-0.39, 0.29) is 0 Å². The molecule has 0 amide bonds. The molecule has 0 bridgehead atoms. The summed E-state index contributed by atoms with van der Waals surface area (Å²) < 4.78 is 38.2. The predicted molar refractivity (Wildman–Crippen MR) is 66.5 cm³/mol. The zero-order chi connectivity index (χ0) is 14.5. The quantitative estimate of drug-likeness (QED) is 0.843. The maximum absolute atomic E-state index is 12.7. The predicted octanol–water partition coefficient (Wildman–Crippen LogP) is 3.38. The highest BCUT2D eigenvalue weighted by Crippen LogP contribution is 2.36. The number of carboxylic acid groups (broad SMARTS) is 1. The van der Waals surface area contributed by atoms with Gasteiger partial charge >= 0.3 is 12.1 Å². The Morgan fingerprint density at radius 1 is 1.35 bits per heavy atom. The Balaban J connectivity index is 2.08. The second kappa shape index (κ2) is 4.26. The SMILES string of the molecule is O=C(O)C1CCc2c([nH]c3ccc(C(F)(F)F)cc23)C1. The molecule has 1 unspecified atom stereocenters. The number of nitrogens with one attached hydrogen (secondary N) is 1. The number of aromatic amines is 1. The van der Waals surface area contributed by atoms with Crippen LogP contribution in [0.25, 0.3) is 10.9 Å². The van der Waals surface area contributed by atoms with Crippen molar-refractivity contribution in [1.29, 1.82) is 0 Å². The van der Waals surface area contributed by atoms with Crippen LogP contribution < -0.4 is 0 Å². The number of aromatic nitrogens is 1. The molecule has 1 aliphatic carbocycles. The molecule has 3 nitrogen and oxygen atoms in total. The van der Waals surface area contributed by atoms with Crippen molar-refractivity contribution in [3.05, 3.63) is 35.0 Å². The molecule has 0 saturated heterocycles. The molecule has 20 heavy (non-hydrogen) atoms. The number of rotatable bonds is 1. The van der Waals surface area contributed by atoms with Gasteiger partial charge in [-0.1, -0.05) is 0 Å². The summed E-state index contributed by atoms with van der Waals surface area (Å²) in [6, 6.07) is 3.59. The number of carboxylic acids is 1. The Hall–Kier alpha value is -1.98. The average molecular weight is 283 g/mol. The molecule has 2 aromatic rings. The Morgan fingerprint density at radius 3 is 2.75 bits per heavy atom. The molecule has 1 aromatic heterocycles. The number of hydrogen-bond acceptors (Lipinski definition) is 1. The maximum Gasteiger partial charge on any atom is 0.416 e. The van der Waals surface area contributed by atoms with E-state index in [4.69, 9.17) is 5.11 Å². The first-order valence-electron chi connectivity index (χ1n) is 6.29. The highest BCUT2D eigenvalue weighted by molar-refractivity contribution is 5.86. The van der Waals surface area contributed by atoms with Crippen molar-refractivity contribution >= 4 is 16.9 Å². The van der Waals surface area contributed by atoms with Crippen molar-refractivity contribution < 1.29 is 23.1 Å². The van der Waals surface area contributed by atoms with E-state index in [2.05, 4.69) is 4.98 Å². The summed E-state index contributed by atoms with van der Waals surface area (Å²) in [5, 5.41) is 9.58. The van der Waals surface area contributed by atoms with Crippen LogP contribution in [-0.2, 0) is 23.8 Å². The standard InChI is InChI=1S/C14H12F3NO2/c15-14(16,17)8-2-4-11-10(6-8)9-3-1-7(13(19)20)5-12(9)18-11/h2,4,6-7,18H,1,3,5H2,(H,19,20). The third kappa shape index (κ3) is 2.05. The van der Waals surface area contributed by atoms with Gasteiger partial charge in [-0.15, -0.1) is 0 Å². The molecule has 6 heteroatoms. The van der Waals surface area contributed by atoms with E-state index in [1.165, 1.54) is 6.07 Å². The molecular weight excluding hydrogens is 271 g/mol. The molecule has 0 aliphatic heterocycles. The fourth-order valence-electron chi connectivity index (χ4n) is 2.82. The van der Waals surface area contributed by atoms with Crippen LogP contribution >= 0.6 is 0 Å².